The summed E-state index contributed by atoms with van der Waals surface area (Å²) in [5, 5.41) is 2.90. The predicted molar refractivity (Wildman–Crippen MR) is 89.9 cm³/mol. The number of nitrogens with zero attached hydrogens (tertiary/aromatic N) is 1. The van der Waals surface area contributed by atoms with E-state index in [1.807, 2.05) is 38.1 Å². The second kappa shape index (κ2) is 6.16. The first-order valence-corrected chi connectivity index (χ1v) is 7.63. The number of nitrogens with one attached hydrogen (secondary N) is 1. The third kappa shape index (κ3) is 3.06. The van der Waals surface area contributed by atoms with Crippen LogP contribution in [0.2, 0.25) is 0 Å². The van der Waals surface area contributed by atoms with Gasteiger partial charge in [0.15, 0.2) is 0 Å². The second-order valence-electron chi connectivity index (χ2n) is 5.72. The Hall–Kier alpha value is -2.75. The summed E-state index contributed by atoms with van der Waals surface area (Å²) >= 11 is 0. The summed E-state index contributed by atoms with van der Waals surface area (Å²) in [5.41, 5.74) is 4.93. The first-order valence-electron chi connectivity index (χ1n) is 7.63. The zero-order chi connectivity index (χ0) is 16.4. The molecule has 2 heterocycles. The Morgan fingerprint density at radius 3 is 2.65 bits per heavy atom. The summed E-state index contributed by atoms with van der Waals surface area (Å²) < 4.78 is 7.35. The molecule has 1 amide bonds. The van der Waals surface area contributed by atoms with Gasteiger partial charge in [-0.05, 0) is 56.7 Å². The zero-order valence-corrected chi connectivity index (χ0v) is 13.6. The van der Waals surface area contributed by atoms with Gasteiger partial charge < -0.3 is 14.3 Å². The van der Waals surface area contributed by atoms with Gasteiger partial charge in [0, 0.05) is 17.1 Å². The van der Waals surface area contributed by atoms with Crippen molar-refractivity contribution in [2.24, 2.45) is 0 Å². The maximum Gasteiger partial charge on any atom is 0.253 e. The minimum atomic E-state index is -0.0894. The molecule has 0 saturated heterocycles. The number of hydrogen-bond donors (Lipinski definition) is 1. The summed E-state index contributed by atoms with van der Waals surface area (Å²) in [6.45, 7) is 6.43. The van der Waals surface area contributed by atoms with Crippen LogP contribution in [0, 0.1) is 20.8 Å². The third-order valence-electron chi connectivity index (χ3n) is 3.94. The lowest BCUT2D eigenvalue weighted by Gasteiger charge is -2.10. The van der Waals surface area contributed by atoms with Crippen molar-refractivity contribution >= 4 is 5.91 Å². The van der Waals surface area contributed by atoms with E-state index in [2.05, 4.69) is 35.0 Å². The summed E-state index contributed by atoms with van der Waals surface area (Å²) in [4.78, 5) is 12.5. The van der Waals surface area contributed by atoms with Gasteiger partial charge in [-0.1, -0.05) is 12.1 Å². The average Bonchev–Trinajstić information content (AvgIpc) is 3.13. The van der Waals surface area contributed by atoms with Gasteiger partial charge in [-0.2, -0.15) is 0 Å². The Morgan fingerprint density at radius 1 is 1.13 bits per heavy atom. The number of furan rings is 1. The molecular formula is C19H20N2O2. The number of benzene rings is 1. The SMILES string of the molecule is Cc1cccc(-n2c(C)cc(C(=O)NCc3ccco3)c2C)c1. The van der Waals surface area contributed by atoms with Crippen LogP contribution in [0.3, 0.4) is 0 Å². The van der Waals surface area contributed by atoms with E-state index < -0.39 is 0 Å². The van der Waals surface area contributed by atoms with Crippen LogP contribution in [-0.2, 0) is 6.54 Å². The molecule has 1 aromatic carbocycles. The maximum atomic E-state index is 12.5. The lowest BCUT2D eigenvalue weighted by molar-refractivity contribution is 0.0947. The molecule has 0 aliphatic heterocycles. The van der Waals surface area contributed by atoms with Crippen LogP contribution in [0.4, 0.5) is 0 Å². The van der Waals surface area contributed by atoms with Gasteiger partial charge in [0.1, 0.15) is 5.76 Å². The second-order valence-corrected chi connectivity index (χ2v) is 5.72. The number of carbonyl (C=O) groups excluding carboxylic acids is 1. The van der Waals surface area contributed by atoms with Crippen molar-refractivity contribution in [3.05, 3.63) is 77.0 Å². The van der Waals surface area contributed by atoms with Gasteiger partial charge in [0.05, 0.1) is 18.4 Å². The standard InChI is InChI=1S/C19H20N2O2/c1-13-6-4-7-16(10-13)21-14(2)11-18(15(21)3)19(22)20-12-17-8-5-9-23-17/h4-11H,12H2,1-3H3,(H,20,22). The topological polar surface area (TPSA) is 47.2 Å². The first-order chi connectivity index (χ1) is 11.1. The molecular weight excluding hydrogens is 288 g/mol. The Balaban J connectivity index is 1.86. The van der Waals surface area contributed by atoms with Crippen LogP contribution in [0.15, 0.2) is 53.1 Å². The van der Waals surface area contributed by atoms with Crippen LogP contribution < -0.4 is 5.32 Å². The normalized spacial score (nSPS) is 10.7. The van der Waals surface area contributed by atoms with Gasteiger partial charge in [-0.15, -0.1) is 0 Å². The molecule has 0 saturated carbocycles. The Labute approximate surface area is 135 Å². The largest absolute Gasteiger partial charge is 0.467 e. The van der Waals surface area contributed by atoms with Crippen LogP contribution >= 0.6 is 0 Å². The molecule has 3 rings (SSSR count). The predicted octanol–water partition coefficient (Wildman–Crippen LogP) is 3.93. The van der Waals surface area contributed by atoms with E-state index in [4.69, 9.17) is 4.42 Å². The summed E-state index contributed by atoms with van der Waals surface area (Å²) in [6.07, 6.45) is 1.60. The molecule has 0 aliphatic rings. The molecule has 4 nitrogen and oxygen atoms in total. The molecule has 4 heteroatoms. The number of aromatic nitrogens is 1. The first kappa shape index (κ1) is 15.2. The monoisotopic (exact) mass is 308 g/mol. The van der Waals surface area contributed by atoms with E-state index in [-0.39, 0.29) is 5.91 Å². The van der Waals surface area contributed by atoms with Gasteiger partial charge in [0.25, 0.3) is 5.91 Å². The Bertz CT molecular complexity index is 829. The number of aryl methyl sites for hydroxylation is 2. The number of rotatable bonds is 4. The van der Waals surface area contributed by atoms with Crippen LogP contribution in [0.25, 0.3) is 5.69 Å². The van der Waals surface area contributed by atoms with Gasteiger partial charge in [0.2, 0.25) is 0 Å². The molecule has 0 fully saturated rings. The molecule has 23 heavy (non-hydrogen) atoms. The number of amides is 1. The molecule has 0 spiro atoms. The van der Waals surface area contributed by atoms with Crippen molar-refractivity contribution in [1.82, 2.24) is 9.88 Å². The molecule has 0 unspecified atom stereocenters. The quantitative estimate of drug-likeness (QED) is 0.794. The fraction of sp³-hybridized carbons (Fsp3) is 0.211. The molecule has 1 N–H and O–H groups in total. The average molecular weight is 308 g/mol. The highest BCUT2D eigenvalue weighted by Gasteiger charge is 2.16. The van der Waals surface area contributed by atoms with E-state index in [9.17, 15) is 4.79 Å². The van der Waals surface area contributed by atoms with Crippen LogP contribution in [0.1, 0.15) is 33.1 Å². The van der Waals surface area contributed by atoms with Gasteiger partial charge >= 0.3 is 0 Å². The highest BCUT2D eigenvalue weighted by molar-refractivity contribution is 5.95. The Morgan fingerprint density at radius 2 is 1.96 bits per heavy atom. The van der Waals surface area contributed by atoms with Crippen molar-refractivity contribution in [1.29, 1.82) is 0 Å². The van der Waals surface area contributed by atoms with Crippen LogP contribution in [0.5, 0.6) is 0 Å². The van der Waals surface area contributed by atoms with E-state index in [1.165, 1.54) is 5.56 Å². The minimum absolute atomic E-state index is 0.0894. The molecule has 3 aromatic rings. The molecule has 118 valence electrons. The van der Waals surface area contributed by atoms with Gasteiger partial charge in [-0.25, -0.2) is 0 Å². The van der Waals surface area contributed by atoms with Crippen molar-refractivity contribution in [3.8, 4) is 5.69 Å². The number of hydrogen-bond acceptors (Lipinski definition) is 2. The van der Waals surface area contributed by atoms with Crippen molar-refractivity contribution in [2.45, 2.75) is 27.3 Å². The fourth-order valence-electron chi connectivity index (χ4n) is 2.83. The molecule has 0 atom stereocenters. The van der Waals surface area contributed by atoms with E-state index in [1.54, 1.807) is 6.26 Å². The Kier molecular flexibility index (Phi) is 4.06. The minimum Gasteiger partial charge on any atom is -0.467 e. The highest BCUT2D eigenvalue weighted by atomic mass is 16.3. The lowest BCUT2D eigenvalue weighted by atomic mass is 10.2. The highest BCUT2D eigenvalue weighted by Crippen LogP contribution is 2.21. The van der Waals surface area contributed by atoms with Gasteiger partial charge in [-0.3, -0.25) is 4.79 Å². The maximum absolute atomic E-state index is 12.5. The zero-order valence-electron chi connectivity index (χ0n) is 13.6. The molecule has 2 aromatic heterocycles. The summed E-state index contributed by atoms with van der Waals surface area (Å²) in [6, 6.07) is 13.8. The number of carbonyl (C=O) groups is 1. The molecule has 0 bridgehead atoms. The molecule has 0 radical (unpaired) electrons. The van der Waals surface area contributed by atoms with Crippen LogP contribution in [-0.4, -0.2) is 10.5 Å². The summed E-state index contributed by atoms with van der Waals surface area (Å²) in [5.74, 6) is 0.652. The van der Waals surface area contributed by atoms with E-state index in [0.29, 0.717) is 12.1 Å². The fourth-order valence-corrected chi connectivity index (χ4v) is 2.83. The summed E-state index contributed by atoms with van der Waals surface area (Å²) in [7, 11) is 0. The molecule has 0 aliphatic carbocycles. The van der Waals surface area contributed by atoms with Crippen molar-refractivity contribution in [3.63, 3.8) is 0 Å². The van der Waals surface area contributed by atoms with Crippen molar-refractivity contribution < 1.29 is 9.21 Å². The van der Waals surface area contributed by atoms with E-state index in [0.717, 1.165) is 22.8 Å². The van der Waals surface area contributed by atoms with Crippen molar-refractivity contribution in [2.75, 3.05) is 0 Å². The lowest BCUT2D eigenvalue weighted by Crippen LogP contribution is -2.23. The third-order valence-corrected chi connectivity index (χ3v) is 3.94. The van der Waals surface area contributed by atoms with E-state index >= 15 is 0 Å². The smallest absolute Gasteiger partial charge is 0.253 e.